The summed E-state index contributed by atoms with van der Waals surface area (Å²) in [5.41, 5.74) is 0. The minimum absolute atomic E-state index is 0.273. The first-order valence-electron chi connectivity index (χ1n) is 6.16. The second-order valence-electron chi connectivity index (χ2n) is 4.76. The molecule has 1 heterocycles. The fourth-order valence-electron chi connectivity index (χ4n) is 2.13. The molecule has 1 N–H and O–H groups in total. The third-order valence-electron chi connectivity index (χ3n) is 3.28. The average Bonchev–Trinajstić information content (AvgIpc) is 3.00. The third-order valence-corrected chi connectivity index (χ3v) is 4.14. The summed E-state index contributed by atoms with van der Waals surface area (Å²) < 4.78 is 0. The molecule has 3 nitrogen and oxygen atoms in total. The van der Waals surface area contributed by atoms with Crippen LogP contribution in [0.25, 0.3) is 0 Å². The van der Waals surface area contributed by atoms with Gasteiger partial charge in [0, 0.05) is 29.9 Å². The third kappa shape index (κ3) is 3.82. The van der Waals surface area contributed by atoms with E-state index in [9.17, 15) is 4.79 Å². The zero-order chi connectivity index (χ0) is 12.3. The summed E-state index contributed by atoms with van der Waals surface area (Å²) in [7, 11) is 0. The Morgan fingerprint density at radius 1 is 1.65 bits per heavy atom. The minimum atomic E-state index is -0.691. The largest absolute Gasteiger partial charge is 0.481 e. The number of hydrogen-bond acceptors (Lipinski definition) is 3. The van der Waals surface area contributed by atoms with Crippen molar-refractivity contribution in [2.45, 2.75) is 51.2 Å². The van der Waals surface area contributed by atoms with Crippen LogP contribution in [0.4, 0.5) is 0 Å². The number of carboxylic acid groups (broad SMARTS) is 1. The zero-order valence-electron chi connectivity index (χ0n) is 10.1. The van der Waals surface area contributed by atoms with Gasteiger partial charge in [-0.3, -0.25) is 9.69 Å². The van der Waals surface area contributed by atoms with Gasteiger partial charge >= 0.3 is 5.97 Å². The van der Waals surface area contributed by atoms with Gasteiger partial charge in [0.25, 0.3) is 0 Å². The van der Waals surface area contributed by atoms with E-state index in [1.54, 1.807) is 11.3 Å². The number of carbonyl (C=O) groups is 1. The molecule has 0 aromatic carbocycles. The molecule has 1 saturated carbocycles. The van der Waals surface area contributed by atoms with Gasteiger partial charge in [-0.2, -0.15) is 0 Å². The molecule has 1 aromatic rings. The van der Waals surface area contributed by atoms with E-state index in [0.717, 1.165) is 13.0 Å². The minimum Gasteiger partial charge on any atom is -0.481 e. The Balaban J connectivity index is 1.89. The van der Waals surface area contributed by atoms with E-state index < -0.39 is 5.97 Å². The second-order valence-corrected chi connectivity index (χ2v) is 5.80. The van der Waals surface area contributed by atoms with Crippen molar-refractivity contribution in [3.63, 3.8) is 0 Å². The second kappa shape index (κ2) is 5.65. The molecule has 1 aliphatic rings. The van der Waals surface area contributed by atoms with Gasteiger partial charge in [-0.1, -0.05) is 6.07 Å². The molecule has 0 bridgehead atoms. The lowest BCUT2D eigenvalue weighted by atomic mass is 10.1. The van der Waals surface area contributed by atoms with Crippen molar-refractivity contribution in [1.82, 2.24) is 4.90 Å². The van der Waals surface area contributed by atoms with Crippen molar-refractivity contribution in [3.8, 4) is 0 Å². The van der Waals surface area contributed by atoms with Crippen LogP contribution in [0, 0.1) is 0 Å². The number of nitrogens with zero attached hydrogens (tertiary/aromatic N) is 1. The summed E-state index contributed by atoms with van der Waals surface area (Å²) in [4.78, 5) is 14.5. The van der Waals surface area contributed by atoms with Gasteiger partial charge in [-0.15, -0.1) is 11.3 Å². The van der Waals surface area contributed by atoms with Crippen LogP contribution < -0.4 is 0 Å². The predicted molar refractivity (Wildman–Crippen MR) is 69.2 cm³/mol. The highest BCUT2D eigenvalue weighted by atomic mass is 32.1. The maximum atomic E-state index is 10.6. The summed E-state index contributed by atoms with van der Waals surface area (Å²) in [5, 5.41) is 10.8. The first-order valence-corrected chi connectivity index (χ1v) is 7.04. The Labute approximate surface area is 106 Å². The average molecular weight is 253 g/mol. The van der Waals surface area contributed by atoms with Crippen LogP contribution in [0.2, 0.25) is 0 Å². The van der Waals surface area contributed by atoms with Crippen LogP contribution in [0.15, 0.2) is 17.5 Å². The monoisotopic (exact) mass is 253 g/mol. The molecule has 1 unspecified atom stereocenters. The predicted octanol–water partition coefficient (Wildman–Crippen LogP) is 2.97. The zero-order valence-corrected chi connectivity index (χ0v) is 10.9. The molecule has 94 valence electrons. The highest BCUT2D eigenvalue weighted by molar-refractivity contribution is 7.09. The van der Waals surface area contributed by atoms with E-state index in [-0.39, 0.29) is 6.42 Å². The lowest BCUT2D eigenvalue weighted by Gasteiger charge is -2.28. The summed E-state index contributed by atoms with van der Waals surface area (Å²) >= 11 is 1.78. The van der Waals surface area contributed by atoms with Gasteiger partial charge in [0.15, 0.2) is 0 Å². The Hall–Kier alpha value is -0.870. The molecule has 0 spiro atoms. The number of thiophene rings is 1. The van der Waals surface area contributed by atoms with Gasteiger partial charge in [-0.05, 0) is 37.6 Å². The summed E-state index contributed by atoms with van der Waals surface area (Å²) in [5.74, 6) is -0.691. The van der Waals surface area contributed by atoms with Crippen LogP contribution >= 0.6 is 11.3 Å². The molecular weight excluding hydrogens is 234 g/mol. The first-order chi connectivity index (χ1) is 8.16. The molecule has 1 atom stereocenters. The summed E-state index contributed by atoms with van der Waals surface area (Å²) in [6.07, 6.45) is 3.55. The molecule has 0 radical (unpaired) electrons. The van der Waals surface area contributed by atoms with E-state index in [1.807, 2.05) is 0 Å². The highest BCUT2D eigenvalue weighted by Crippen LogP contribution is 2.31. The van der Waals surface area contributed by atoms with Gasteiger partial charge in [0.05, 0.1) is 0 Å². The van der Waals surface area contributed by atoms with Crippen molar-refractivity contribution >= 4 is 17.3 Å². The quantitative estimate of drug-likeness (QED) is 0.812. The van der Waals surface area contributed by atoms with E-state index in [1.165, 1.54) is 17.7 Å². The molecular formula is C13H19NO2S. The van der Waals surface area contributed by atoms with Crippen LogP contribution in [-0.2, 0) is 11.3 Å². The van der Waals surface area contributed by atoms with Crippen LogP contribution in [0.1, 0.15) is 37.5 Å². The SMILES string of the molecule is CC(CCC(=O)O)N(Cc1cccs1)C1CC1. The first kappa shape index (κ1) is 12.6. The molecule has 0 aliphatic heterocycles. The van der Waals surface area contributed by atoms with Gasteiger partial charge in [0.1, 0.15) is 0 Å². The van der Waals surface area contributed by atoms with Crippen molar-refractivity contribution < 1.29 is 9.90 Å². The van der Waals surface area contributed by atoms with E-state index >= 15 is 0 Å². The van der Waals surface area contributed by atoms with Crippen molar-refractivity contribution in [2.24, 2.45) is 0 Å². The lowest BCUT2D eigenvalue weighted by Crippen LogP contribution is -2.34. The Morgan fingerprint density at radius 3 is 2.94 bits per heavy atom. The highest BCUT2D eigenvalue weighted by Gasteiger charge is 2.32. The normalized spacial score (nSPS) is 17.3. The summed E-state index contributed by atoms with van der Waals surface area (Å²) in [6.45, 7) is 3.12. The van der Waals surface area contributed by atoms with Crippen LogP contribution in [0.5, 0.6) is 0 Å². The topological polar surface area (TPSA) is 40.5 Å². The van der Waals surface area contributed by atoms with E-state index in [0.29, 0.717) is 12.1 Å². The Kier molecular flexibility index (Phi) is 4.18. The van der Waals surface area contributed by atoms with E-state index in [2.05, 4.69) is 29.3 Å². The fourth-order valence-corrected chi connectivity index (χ4v) is 2.84. The number of carboxylic acids is 1. The lowest BCUT2D eigenvalue weighted by molar-refractivity contribution is -0.137. The van der Waals surface area contributed by atoms with Crippen molar-refractivity contribution in [2.75, 3.05) is 0 Å². The van der Waals surface area contributed by atoms with Gasteiger partial charge in [0.2, 0.25) is 0 Å². The van der Waals surface area contributed by atoms with E-state index in [4.69, 9.17) is 5.11 Å². The molecule has 4 heteroatoms. The number of rotatable bonds is 7. The standard InChI is InChI=1S/C13H19NO2S/c1-10(4-7-13(15)16)14(11-5-6-11)9-12-3-2-8-17-12/h2-3,8,10-11H,4-7,9H2,1H3,(H,15,16). The maximum absolute atomic E-state index is 10.6. The van der Waals surface area contributed by atoms with Gasteiger partial charge < -0.3 is 5.11 Å². The Bertz CT molecular complexity index is 360. The van der Waals surface area contributed by atoms with Crippen LogP contribution in [-0.4, -0.2) is 28.1 Å². The molecule has 17 heavy (non-hydrogen) atoms. The molecule has 1 fully saturated rings. The maximum Gasteiger partial charge on any atom is 0.303 e. The number of aliphatic carboxylic acids is 1. The fraction of sp³-hybridized carbons (Fsp3) is 0.615. The Morgan fingerprint density at radius 2 is 2.41 bits per heavy atom. The molecule has 0 saturated heterocycles. The molecule has 2 rings (SSSR count). The molecule has 1 aromatic heterocycles. The van der Waals surface area contributed by atoms with Crippen molar-refractivity contribution in [3.05, 3.63) is 22.4 Å². The van der Waals surface area contributed by atoms with Gasteiger partial charge in [-0.25, -0.2) is 0 Å². The van der Waals surface area contributed by atoms with Crippen molar-refractivity contribution in [1.29, 1.82) is 0 Å². The van der Waals surface area contributed by atoms with Crippen LogP contribution in [0.3, 0.4) is 0 Å². The number of hydrogen-bond donors (Lipinski definition) is 1. The molecule has 0 amide bonds. The smallest absolute Gasteiger partial charge is 0.303 e. The summed E-state index contributed by atoms with van der Waals surface area (Å²) in [6, 6.07) is 5.28. The molecule has 1 aliphatic carbocycles.